The molecule has 0 aromatic carbocycles. The first-order chi connectivity index (χ1) is 15.1. The lowest BCUT2D eigenvalue weighted by Crippen LogP contribution is -2.12. The van der Waals surface area contributed by atoms with Gasteiger partial charge in [-0.1, -0.05) is 142 Å². The molecule has 0 aromatic heterocycles. The molecule has 2 nitrogen and oxygen atoms in total. The summed E-state index contributed by atoms with van der Waals surface area (Å²) in [5, 5.41) is 0. The molecule has 31 heavy (non-hydrogen) atoms. The van der Waals surface area contributed by atoms with Crippen LogP contribution < -0.4 is 0 Å². The van der Waals surface area contributed by atoms with Gasteiger partial charge in [-0.15, -0.1) is 0 Å². The molecule has 0 N–H and O–H groups in total. The van der Waals surface area contributed by atoms with E-state index < -0.39 is 9.84 Å². The lowest BCUT2D eigenvalue weighted by molar-refractivity contribution is 0.346. The zero-order chi connectivity index (χ0) is 22.6. The van der Waals surface area contributed by atoms with Crippen molar-refractivity contribution >= 4 is 9.84 Å². The summed E-state index contributed by atoms with van der Waals surface area (Å²) in [5.74, 6) is 1.87. The van der Waals surface area contributed by atoms with Crippen LogP contribution in [0, 0.1) is 11.8 Å². The van der Waals surface area contributed by atoms with Crippen LogP contribution in [0.25, 0.3) is 0 Å². The number of rotatable bonds is 22. The van der Waals surface area contributed by atoms with Crippen molar-refractivity contribution in [2.75, 3.05) is 11.5 Å². The normalized spacial score (nSPS) is 20.5. The highest BCUT2D eigenvalue weighted by atomic mass is 32.2. The maximum Gasteiger partial charge on any atom is 0.150 e. The van der Waals surface area contributed by atoms with Crippen molar-refractivity contribution in [1.29, 1.82) is 0 Å². The van der Waals surface area contributed by atoms with E-state index in [1.165, 1.54) is 128 Å². The van der Waals surface area contributed by atoms with Gasteiger partial charge in [-0.05, 0) is 24.7 Å². The third-order valence-electron chi connectivity index (χ3n) is 7.46. The molecular weight excluding hydrogens is 400 g/mol. The second-order valence-electron chi connectivity index (χ2n) is 10.5. The monoisotopic (exact) mass is 456 g/mol. The Balaban J connectivity index is 2.04. The van der Waals surface area contributed by atoms with Crippen molar-refractivity contribution in [2.45, 2.75) is 155 Å². The van der Waals surface area contributed by atoms with Gasteiger partial charge in [-0.2, -0.15) is 0 Å². The van der Waals surface area contributed by atoms with Gasteiger partial charge in [0.25, 0.3) is 0 Å². The van der Waals surface area contributed by atoms with Crippen LogP contribution in [0.5, 0.6) is 0 Å². The summed E-state index contributed by atoms with van der Waals surface area (Å²) in [7, 11) is -2.77. The van der Waals surface area contributed by atoms with Gasteiger partial charge in [0.05, 0.1) is 11.5 Å². The Morgan fingerprint density at radius 2 is 0.710 bits per heavy atom. The number of sulfone groups is 1. The molecule has 0 bridgehead atoms. The molecule has 1 aliphatic heterocycles. The highest BCUT2D eigenvalue weighted by Gasteiger charge is 2.36. The molecule has 1 aliphatic rings. The second kappa shape index (κ2) is 19.4. The Morgan fingerprint density at radius 3 is 1.00 bits per heavy atom. The van der Waals surface area contributed by atoms with E-state index in [-0.39, 0.29) is 0 Å². The van der Waals surface area contributed by atoms with Crippen LogP contribution in [0.2, 0.25) is 0 Å². The molecule has 1 heterocycles. The summed E-state index contributed by atoms with van der Waals surface area (Å²) in [6, 6.07) is 0. The highest BCUT2D eigenvalue weighted by Crippen LogP contribution is 2.33. The predicted octanol–water partition coefficient (Wildman–Crippen LogP) is 9.27. The van der Waals surface area contributed by atoms with Gasteiger partial charge in [0, 0.05) is 0 Å². The molecule has 2 unspecified atom stereocenters. The van der Waals surface area contributed by atoms with Crippen molar-refractivity contribution in [2.24, 2.45) is 11.8 Å². The molecule has 3 heteroatoms. The molecule has 1 saturated heterocycles. The van der Waals surface area contributed by atoms with Crippen molar-refractivity contribution in [3.63, 3.8) is 0 Å². The molecule has 0 saturated carbocycles. The van der Waals surface area contributed by atoms with Gasteiger partial charge in [-0.25, -0.2) is 8.42 Å². The van der Waals surface area contributed by atoms with Crippen LogP contribution in [0.4, 0.5) is 0 Å². The van der Waals surface area contributed by atoms with Gasteiger partial charge in [0.2, 0.25) is 0 Å². The van der Waals surface area contributed by atoms with Gasteiger partial charge in [0.1, 0.15) is 0 Å². The summed E-state index contributed by atoms with van der Waals surface area (Å²) >= 11 is 0. The third-order valence-corrected chi connectivity index (χ3v) is 9.33. The van der Waals surface area contributed by atoms with Crippen LogP contribution in [-0.2, 0) is 9.84 Å². The summed E-state index contributed by atoms with van der Waals surface area (Å²) in [6.07, 6.45) is 29.5. The molecular formula is C28H56O2S. The smallest absolute Gasteiger partial charge is 0.150 e. The maximum absolute atomic E-state index is 12.2. The lowest BCUT2D eigenvalue weighted by Gasteiger charge is -2.17. The number of unbranched alkanes of at least 4 members (excludes halogenated alkanes) is 18. The summed E-state index contributed by atoms with van der Waals surface area (Å²) in [5.41, 5.74) is 0. The topological polar surface area (TPSA) is 34.1 Å². The first-order valence-electron chi connectivity index (χ1n) is 14.3. The fourth-order valence-electron chi connectivity index (χ4n) is 5.42. The van der Waals surface area contributed by atoms with Crippen LogP contribution >= 0.6 is 0 Å². The average Bonchev–Trinajstić information content (AvgIpc) is 3.04. The molecule has 0 aliphatic carbocycles. The fraction of sp³-hybridized carbons (Fsp3) is 1.00. The third kappa shape index (κ3) is 16.2. The highest BCUT2D eigenvalue weighted by molar-refractivity contribution is 7.91. The first-order valence-corrected chi connectivity index (χ1v) is 16.1. The zero-order valence-electron chi connectivity index (χ0n) is 21.4. The molecule has 186 valence electrons. The van der Waals surface area contributed by atoms with Crippen LogP contribution in [0.3, 0.4) is 0 Å². The molecule has 1 fully saturated rings. The quantitative estimate of drug-likeness (QED) is 0.152. The fourth-order valence-corrected chi connectivity index (χ4v) is 7.74. The minimum absolute atomic E-state index is 0.456. The van der Waals surface area contributed by atoms with Crippen molar-refractivity contribution < 1.29 is 8.42 Å². The minimum Gasteiger partial charge on any atom is -0.229 e. The Morgan fingerprint density at radius 1 is 0.452 bits per heavy atom. The Bertz CT molecular complexity index is 447. The van der Waals surface area contributed by atoms with Gasteiger partial charge in [0.15, 0.2) is 9.84 Å². The van der Waals surface area contributed by atoms with E-state index in [2.05, 4.69) is 13.8 Å². The van der Waals surface area contributed by atoms with E-state index in [4.69, 9.17) is 0 Å². The largest absolute Gasteiger partial charge is 0.229 e. The Labute approximate surface area is 196 Å². The van der Waals surface area contributed by atoms with E-state index in [0.29, 0.717) is 23.3 Å². The van der Waals surface area contributed by atoms with E-state index in [0.717, 1.165) is 12.8 Å². The zero-order valence-corrected chi connectivity index (χ0v) is 22.2. The van der Waals surface area contributed by atoms with Gasteiger partial charge >= 0.3 is 0 Å². The SMILES string of the molecule is CCCCCCCCCCCCC1CS(=O)(=O)CC1CCCCCCCCCCCC. The van der Waals surface area contributed by atoms with Crippen LogP contribution in [0.1, 0.15) is 155 Å². The molecule has 0 aromatic rings. The number of hydrogen-bond donors (Lipinski definition) is 0. The molecule has 0 radical (unpaired) electrons. The van der Waals surface area contributed by atoms with Gasteiger partial charge < -0.3 is 0 Å². The second-order valence-corrected chi connectivity index (χ2v) is 12.7. The first kappa shape index (κ1) is 29.0. The average molecular weight is 457 g/mol. The number of hydrogen-bond acceptors (Lipinski definition) is 2. The molecule has 0 spiro atoms. The van der Waals surface area contributed by atoms with Crippen molar-refractivity contribution in [3.8, 4) is 0 Å². The standard InChI is InChI=1S/C28H56O2S/c1-3-5-7-9-11-13-15-17-19-21-23-27-25-31(29,30)26-28(27)24-22-20-18-16-14-12-10-8-6-4-2/h27-28H,3-26H2,1-2H3. The van der Waals surface area contributed by atoms with E-state index in [1.807, 2.05) is 0 Å². The molecule has 1 rings (SSSR count). The van der Waals surface area contributed by atoms with Crippen LogP contribution in [0.15, 0.2) is 0 Å². The van der Waals surface area contributed by atoms with Crippen LogP contribution in [-0.4, -0.2) is 19.9 Å². The molecule has 0 amide bonds. The van der Waals surface area contributed by atoms with E-state index in [1.54, 1.807) is 0 Å². The predicted molar refractivity (Wildman–Crippen MR) is 139 cm³/mol. The van der Waals surface area contributed by atoms with Gasteiger partial charge in [-0.3, -0.25) is 0 Å². The lowest BCUT2D eigenvalue weighted by atomic mass is 9.86. The maximum atomic E-state index is 12.2. The molecule has 2 atom stereocenters. The summed E-state index contributed by atoms with van der Waals surface area (Å²) in [6.45, 7) is 4.55. The van der Waals surface area contributed by atoms with E-state index >= 15 is 0 Å². The van der Waals surface area contributed by atoms with E-state index in [9.17, 15) is 8.42 Å². The van der Waals surface area contributed by atoms with Crippen molar-refractivity contribution in [1.82, 2.24) is 0 Å². The summed E-state index contributed by atoms with van der Waals surface area (Å²) < 4.78 is 24.4. The minimum atomic E-state index is -2.77. The summed E-state index contributed by atoms with van der Waals surface area (Å²) in [4.78, 5) is 0. The van der Waals surface area contributed by atoms with Crippen molar-refractivity contribution in [3.05, 3.63) is 0 Å². The Hall–Kier alpha value is -0.0500. The Kier molecular flexibility index (Phi) is 18.2.